The van der Waals surface area contributed by atoms with Crippen LogP contribution in [0.5, 0.6) is 17.4 Å². The van der Waals surface area contributed by atoms with Crippen molar-refractivity contribution in [3.63, 3.8) is 0 Å². The Morgan fingerprint density at radius 1 is 1.19 bits per heavy atom. The molecule has 0 atom stereocenters. The Balaban J connectivity index is 2.01. The van der Waals surface area contributed by atoms with Crippen molar-refractivity contribution in [1.82, 2.24) is 4.57 Å². The quantitative estimate of drug-likeness (QED) is 0.524. The average Bonchev–Trinajstić information content (AvgIpc) is 2.90. The molecule has 0 unspecified atom stereocenters. The fourth-order valence-corrected chi connectivity index (χ4v) is 3.23. The smallest absolute Gasteiger partial charge is 0.222 e. The van der Waals surface area contributed by atoms with Gasteiger partial charge in [-0.15, -0.1) is 4.91 Å². The first-order valence-corrected chi connectivity index (χ1v) is 9.02. The lowest BCUT2D eigenvalue weighted by molar-refractivity contribution is 0.294. The predicted molar refractivity (Wildman–Crippen MR) is 105 cm³/mol. The van der Waals surface area contributed by atoms with Crippen LogP contribution in [-0.2, 0) is 6.54 Å². The second-order valence-corrected chi connectivity index (χ2v) is 6.76. The Morgan fingerprint density at radius 2 is 2.00 bits per heavy atom. The van der Waals surface area contributed by atoms with Gasteiger partial charge < -0.3 is 19.1 Å². The van der Waals surface area contributed by atoms with Gasteiger partial charge in [-0.3, -0.25) is 0 Å². The van der Waals surface area contributed by atoms with Crippen molar-refractivity contribution in [2.45, 2.75) is 19.9 Å². The maximum Gasteiger partial charge on any atom is 0.222 e. The SMILES string of the molecule is CCCOc1ccc(Cn2c(O)c(N=O)c3cc(Br)ccc32)cc1OC. The number of hydrogen-bond donors (Lipinski definition) is 1. The Kier molecular flexibility index (Phi) is 5.46. The number of nitroso groups, excluding NO2 is 1. The fraction of sp³-hybridized carbons (Fsp3) is 0.263. The maximum atomic E-state index is 11.2. The number of methoxy groups -OCH3 is 1. The highest BCUT2D eigenvalue weighted by atomic mass is 79.9. The zero-order valence-corrected chi connectivity index (χ0v) is 16.1. The number of hydrogen-bond acceptors (Lipinski definition) is 5. The van der Waals surface area contributed by atoms with Gasteiger partial charge in [0.15, 0.2) is 17.2 Å². The van der Waals surface area contributed by atoms with Crippen LogP contribution < -0.4 is 9.47 Å². The van der Waals surface area contributed by atoms with Gasteiger partial charge in [0.25, 0.3) is 0 Å². The molecule has 1 heterocycles. The largest absolute Gasteiger partial charge is 0.493 e. The molecule has 0 saturated carbocycles. The minimum Gasteiger partial charge on any atom is -0.493 e. The van der Waals surface area contributed by atoms with Crippen molar-refractivity contribution in [1.29, 1.82) is 0 Å². The summed E-state index contributed by atoms with van der Waals surface area (Å²) in [5, 5.41) is 14.1. The predicted octanol–water partition coefficient (Wildman–Crippen LogP) is 5.35. The van der Waals surface area contributed by atoms with E-state index < -0.39 is 0 Å². The average molecular weight is 419 g/mol. The second kappa shape index (κ2) is 7.78. The summed E-state index contributed by atoms with van der Waals surface area (Å²) in [7, 11) is 1.59. The highest BCUT2D eigenvalue weighted by Crippen LogP contribution is 2.40. The monoisotopic (exact) mass is 418 g/mol. The number of ether oxygens (including phenoxy) is 2. The lowest BCUT2D eigenvalue weighted by Gasteiger charge is -2.13. The molecule has 0 radical (unpaired) electrons. The zero-order chi connectivity index (χ0) is 18.7. The van der Waals surface area contributed by atoms with E-state index in [-0.39, 0.29) is 11.6 Å². The molecule has 0 aliphatic carbocycles. The van der Waals surface area contributed by atoms with Gasteiger partial charge in [-0.25, -0.2) is 0 Å². The molecule has 3 rings (SSSR count). The number of rotatable bonds is 7. The Hall–Kier alpha value is -2.54. The number of aromatic hydroxyl groups is 1. The van der Waals surface area contributed by atoms with E-state index in [9.17, 15) is 10.0 Å². The molecule has 0 aliphatic heterocycles. The third kappa shape index (κ3) is 3.39. The normalized spacial score (nSPS) is 10.9. The van der Waals surface area contributed by atoms with Crippen LogP contribution in [0.2, 0.25) is 0 Å². The molecular formula is C19H19BrN2O4. The van der Waals surface area contributed by atoms with Crippen LogP contribution >= 0.6 is 15.9 Å². The fourth-order valence-electron chi connectivity index (χ4n) is 2.87. The molecule has 1 aromatic heterocycles. The van der Waals surface area contributed by atoms with E-state index in [1.807, 2.05) is 37.3 Å². The van der Waals surface area contributed by atoms with Gasteiger partial charge in [0.1, 0.15) is 0 Å². The van der Waals surface area contributed by atoms with Crippen LogP contribution in [0, 0.1) is 4.91 Å². The van der Waals surface area contributed by atoms with Crippen molar-refractivity contribution in [2.24, 2.45) is 5.18 Å². The summed E-state index contributed by atoms with van der Waals surface area (Å²) in [6.07, 6.45) is 0.908. The lowest BCUT2D eigenvalue weighted by atomic mass is 10.2. The van der Waals surface area contributed by atoms with E-state index in [0.717, 1.165) is 22.0 Å². The number of fused-ring (bicyclic) bond motifs is 1. The first-order chi connectivity index (χ1) is 12.6. The molecule has 1 N–H and O–H groups in total. The van der Waals surface area contributed by atoms with Crippen LogP contribution in [0.1, 0.15) is 18.9 Å². The molecule has 0 aliphatic rings. The van der Waals surface area contributed by atoms with E-state index >= 15 is 0 Å². The number of aromatic nitrogens is 1. The van der Waals surface area contributed by atoms with Gasteiger partial charge in [-0.1, -0.05) is 28.9 Å². The first kappa shape index (κ1) is 18.3. The molecule has 26 heavy (non-hydrogen) atoms. The van der Waals surface area contributed by atoms with Crippen LogP contribution in [0.25, 0.3) is 10.9 Å². The molecule has 136 valence electrons. The third-order valence-electron chi connectivity index (χ3n) is 4.09. The number of benzene rings is 2. The van der Waals surface area contributed by atoms with Crippen molar-refractivity contribution < 1.29 is 14.6 Å². The van der Waals surface area contributed by atoms with Crippen molar-refractivity contribution in [3.05, 3.63) is 51.3 Å². The summed E-state index contributed by atoms with van der Waals surface area (Å²) in [5.41, 5.74) is 1.67. The van der Waals surface area contributed by atoms with Gasteiger partial charge in [-0.2, -0.15) is 0 Å². The highest BCUT2D eigenvalue weighted by molar-refractivity contribution is 9.10. The van der Waals surface area contributed by atoms with E-state index in [1.54, 1.807) is 17.7 Å². The van der Waals surface area contributed by atoms with Crippen LogP contribution in [0.4, 0.5) is 5.69 Å². The van der Waals surface area contributed by atoms with Crippen molar-refractivity contribution in [2.75, 3.05) is 13.7 Å². The van der Waals surface area contributed by atoms with E-state index in [1.165, 1.54) is 0 Å². The molecule has 6 nitrogen and oxygen atoms in total. The summed E-state index contributed by atoms with van der Waals surface area (Å²) in [4.78, 5) is 11.2. The third-order valence-corrected chi connectivity index (χ3v) is 4.59. The number of halogens is 1. The van der Waals surface area contributed by atoms with E-state index in [4.69, 9.17) is 9.47 Å². The van der Waals surface area contributed by atoms with E-state index in [0.29, 0.717) is 30.0 Å². The molecule has 0 fully saturated rings. The second-order valence-electron chi connectivity index (χ2n) is 5.84. The summed E-state index contributed by atoms with van der Waals surface area (Å²) in [6, 6.07) is 11.1. The lowest BCUT2D eigenvalue weighted by Crippen LogP contribution is -2.02. The van der Waals surface area contributed by atoms with Gasteiger partial charge in [0.05, 0.1) is 25.8 Å². The molecule has 3 aromatic rings. The van der Waals surface area contributed by atoms with Crippen LogP contribution in [-0.4, -0.2) is 23.4 Å². The van der Waals surface area contributed by atoms with Gasteiger partial charge in [0, 0.05) is 9.86 Å². The van der Waals surface area contributed by atoms with Crippen LogP contribution in [0.15, 0.2) is 46.0 Å². The summed E-state index contributed by atoms with van der Waals surface area (Å²) in [5.74, 6) is 1.15. The Bertz CT molecular complexity index is 952. The molecule has 0 amide bonds. The molecule has 0 spiro atoms. The van der Waals surface area contributed by atoms with Crippen LogP contribution in [0.3, 0.4) is 0 Å². The standard InChI is InChI=1S/C19H19BrN2O4/c1-3-8-26-16-7-4-12(9-17(16)25-2)11-22-15-6-5-13(20)10-14(15)18(21-24)19(22)23/h4-7,9-10,23H,3,8,11H2,1-2H3. The summed E-state index contributed by atoms with van der Waals surface area (Å²) in [6.45, 7) is 3.02. The van der Waals surface area contributed by atoms with Gasteiger partial charge in [-0.05, 0) is 47.5 Å². The van der Waals surface area contributed by atoms with Gasteiger partial charge in [0.2, 0.25) is 5.88 Å². The minimum absolute atomic E-state index is 0.0381. The number of nitrogens with zero attached hydrogens (tertiary/aromatic N) is 2. The van der Waals surface area contributed by atoms with Crippen molar-refractivity contribution >= 4 is 32.5 Å². The Labute approximate surface area is 159 Å². The molecule has 7 heteroatoms. The molecule has 0 bridgehead atoms. The highest BCUT2D eigenvalue weighted by Gasteiger charge is 2.18. The molecular weight excluding hydrogens is 400 g/mol. The molecule has 2 aromatic carbocycles. The van der Waals surface area contributed by atoms with Gasteiger partial charge >= 0.3 is 0 Å². The zero-order valence-electron chi connectivity index (χ0n) is 14.5. The summed E-state index contributed by atoms with van der Waals surface area (Å²) >= 11 is 3.38. The minimum atomic E-state index is -0.154. The molecule has 0 saturated heterocycles. The topological polar surface area (TPSA) is 73.0 Å². The summed E-state index contributed by atoms with van der Waals surface area (Å²) < 4.78 is 13.5. The first-order valence-electron chi connectivity index (χ1n) is 8.22. The Morgan fingerprint density at radius 3 is 2.69 bits per heavy atom. The van der Waals surface area contributed by atoms with E-state index in [2.05, 4.69) is 21.1 Å². The maximum absolute atomic E-state index is 11.2. The van der Waals surface area contributed by atoms with Crippen molar-refractivity contribution in [3.8, 4) is 17.4 Å².